The SMILES string of the molecule is COc1cc(-c2nnc(N(C)C)nn2)cc(OC)c1OC. The molecule has 0 fully saturated rings. The Kier molecular flexibility index (Phi) is 4.36. The topological polar surface area (TPSA) is 82.5 Å². The minimum atomic E-state index is 0.375. The van der Waals surface area contributed by atoms with Gasteiger partial charge in [0.1, 0.15) is 0 Å². The van der Waals surface area contributed by atoms with Gasteiger partial charge < -0.3 is 19.1 Å². The molecule has 1 heterocycles. The first-order chi connectivity index (χ1) is 10.1. The third kappa shape index (κ3) is 2.93. The maximum absolute atomic E-state index is 5.29. The molecule has 0 N–H and O–H groups in total. The summed E-state index contributed by atoms with van der Waals surface area (Å²) in [5.41, 5.74) is 0.676. The largest absolute Gasteiger partial charge is 0.493 e. The fourth-order valence-electron chi connectivity index (χ4n) is 1.73. The van der Waals surface area contributed by atoms with E-state index in [2.05, 4.69) is 20.4 Å². The summed E-state index contributed by atoms with van der Waals surface area (Å²) in [5.74, 6) is 2.36. The molecule has 0 aliphatic rings. The van der Waals surface area contributed by atoms with E-state index in [0.29, 0.717) is 34.6 Å². The molecule has 0 bridgehead atoms. The number of benzene rings is 1. The van der Waals surface area contributed by atoms with Gasteiger partial charge in [0.25, 0.3) is 5.95 Å². The van der Waals surface area contributed by atoms with Crippen molar-refractivity contribution in [1.29, 1.82) is 0 Å². The summed E-state index contributed by atoms with van der Waals surface area (Å²) in [6, 6.07) is 3.49. The lowest BCUT2D eigenvalue weighted by Gasteiger charge is -2.13. The van der Waals surface area contributed by atoms with Gasteiger partial charge in [-0.1, -0.05) is 0 Å². The van der Waals surface area contributed by atoms with Gasteiger partial charge in [-0.3, -0.25) is 0 Å². The number of nitrogens with zero attached hydrogens (tertiary/aromatic N) is 5. The van der Waals surface area contributed by atoms with Crippen molar-refractivity contribution in [2.24, 2.45) is 0 Å². The normalized spacial score (nSPS) is 10.1. The van der Waals surface area contributed by atoms with Crippen molar-refractivity contribution in [2.75, 3.05) is 40.3 Å². The molecule has 8 heteroatoms. The molecule has 21 heavy (non-hydrogen) atoms. The Balaban J connectivity index is 2.48. The lowest BCUT2D eigenvalue weighted by Crippen LogP contribution is -2.14. The zero-order valence-electron chi connectivity index (χ0n) is 12.6. The van der Waals surface area contributed by atoms with Crippen LogP contribution in [0.1, 0.15) is 0 Å². The first-order valence-electron chi connectivity index (χ1n) is 6.15. The van der Waals surface area contributed by atoms with Crippen LogP contribution in [0.5, 0.6) is 17.2 Å². The van der Waals surface area contributed by atoms with Gasteiger partial charge in [0.05, 0.1) is 21.3 Å². The van der Waals surface area contributed by atoms with Crippen LogP contribution in [0.2, 0.25) is 0 Å². The highest BCUT2D eigenvalue weighted by Crippen LogP contribution is 2.40. The summed E-state index contributed by atoms with van der Waals surface area (Å²) in [7, 11) is 8.28. The molecule has 1 aromatic carbocycles. The van der Waals surface area contributed by atoms with Crippen LogP contribution in [-0.4, -0.2) is 55.8 Å². The van der Waals surface area contributed by atoms with Crippen molar-refractivity contribution < 1.29 is 14.2 Å². The van der Waals surface area contributed by atoms with Crippen LogP contribution in [0, 0.1) is 0 Å². The van der Waals surface area contributed by atoms with Crippen molar-refractivity contribution in [3.8, 4) is 28.6 Å². The molecule has 1 aromatic heterocycles. The van der Waals surface area contributed by atoms with Crippen LogP contribution in [0.25, 0.3) is 11.4 Å². The minimum Gasteiger partial charge on any atom is -0.493 e. The number of aromatic nitrogens is 4. The summed E-state index contributed by atoms with van der Waals surface area (Å²) >= 11 is 0. The molecule has 0 atom stereocenters. The van der Waals surface area contributed by atoms with Gasteiger partial charge in [0.15, 0.2) is 11.5 Å². The van der Waals surface area contributed by atoms with Crippen LogP contribution in [0.15, 0.2) is 12.1 Å². The Bertz CT molecular complexity index is 591. The minimum absolute atomic E-state index is 0.375. The number of hydrogen-bond donors (Lipinski definition) is 0. The van der Waals surface area contributed by atoms with Crippen LogP contribution >= 0.6 is 0 Å². The van der Waals surface area contributed by atoms with Crippen molar-refractivity contribution >= 4 is 5.95 Å². The third-order valence-electron chi connectivity index (χ3n) is 2.79. The Labute approximate surface area is 122 Å². The quantitative estimate of drug-likeness (QED) is 0.807. The highest BCUT2D eigenvalue weighted by Gasteiger charge is 2.16. The second kappa shape index (κ2) is 6.21. The molecule has 0 unspecified atom stereocenters. The van der Waals surface area contributed by atoms with Gasteiger partial charge in [-0.25, -0.2) is 0 Å². The standard InChI is InChI=1S/C13H17N5O3/c1-18(2)13-16-14-12(15-17-13)8-6-9(19-3)11(21-5)10(7-8)20-4/h6-7H,1-5H3. The van der Waals surface area contributed by atoms with E-state index in [-0.39, 0.29) is 0 Å². The predicted molar refractivity (Wildman–Crippen MR) is 77.0 cm³/mol. The molecule has 0 saturated heterocycles. The number of methoxy groups -OCH3 is 3. The highest BCUT2D eigenvalue weighted by atomic mass is 16.5. The smallest absolute Gasteiger partial charge is 0.264 e. The molecule has 112 valence electrons. The van der Waals surface area contributed by atoms with E-state index in [9.17, 15) is 0 Å². The van der Waals surface area contributed by atoms with Crippen LogP contribution in [0.4, 0.5) is 5.95 Å². The van der Waals surface area contributed by atoms with Crippen LogP contribution in [-0.2, 0) is 0 Å². The van der Waals surface area contributed by atoms with E-state index < -0.39 is 0 Å². The van der Waals surface area contributed by atoms with E-state index in [4.69, 9.17) is 14.2 Å². The average molecular weight is 291 g/mol. The summed E-state index contributed by atoms with van der Waals surface area (Å²) < 4.78 is 15.9. The van der Waals surface area contributed by atoms with Gasteiger partial charge in [0.2, 0.25) is 11.6 Å². The number of ether oxygens (including phenoxy) is 3. The second-order valence-electron chi connectivity index (χ2n) is 4.33. The van der Waals surface area contributed by atoms with E-state index in [0.717, 1.165) is 0 Å². The zero-order chi connectivity index (χ0) is 15.4. The molecule has 0 spiro atoms. The Morgan fingerprint density at radius 1 is 0.810 bits per heavy atom. The summed E-state index contributed by atoms with van der Waals surface area (Å²) in [5, 5.41) is 16.1. The Morgan fingerprint density at radius 2 is 1.33 bits per heavy atom. The number of anilines is 1. The van der Waals surface area contributed by atoms with Crippen molar-refractivity contribution in [3.05, 3.63) is 12.1 Å². The van der Waals surface area contributed by atoms with Crippen molar-refractivity contribution in [2.45, 2.75) is 0 Å². The summed E-state index contributed by atoms with van der Waals surface area (Å²) in [4.78, 5) is 1.72. The molecule has 8 nitrogen and oxygen atoms in total. The van der Waals surface area contributed by atoms with E-state index >= 15 is 0 Å². The van der Waals surface area contributed by atoms with Crippen molar-refractivity contribution in [1.82, 2.24) is 20.4 Å². The summed E-state index contributed by atoms with van der Waals surface area (Å²) in [6.45, 7) is 0. The number of hydrogen-bond acceptors (Lipinski definition) is 8. The fraction of sp³-hybridized carbons (Fsp3) is 0.385. The molecule has 0 saturated carbocycles. The molecular weight excluding hydrogens is 274 g/mol. The van der Waals surface area contributed by atoms with Gasteiger partial charge >= 0.3 is 0 Å². The fourth-order valence-corrected chi connectivity index (χ4v) is 1.73. The Morgan fingerprint density at radius 3 is 1.71 bits per heavy atom. The second-order valence-corrected chi connectivity index (χ2v) is 4.33. The molecule has 2 aromatic rings. The first kappa shape index (κ1) is 14.8. The molecular formula is C13H17N5O3. The first-order valence-corrected chi connectivity index (χ1v) is 6.15. The van der Waals surface area contributed by atoms with Crippen LogP contribution in [0.3, 0.4) is 0 Å². The Hall–Kier alpha value is -2.64. The maximum atomic E-state index is 5.29. The zero-order valence-corrected chi connectivity index (χ0v) is 12.6. The average Bonchev–Trinajstić information content (AvgIpc) is 2.53. The van der Waals surface area contributed by atoms with Gasteiger partial charge in [-0.05, 0) is 12.1 Å². The molecule has 0 radical (unpaired) electrons. The van der Waals surface area contributed by atoms with E-state index in [1.54, 1.807) is 38.4 Å². The van der Waals surface area contributed by atoms with Gasteiger partial charge in [0, 0.05) is 19.7 Å². The monoisotopic (exact) mass is 291 g/mol. The van der Waals surface area contributed by atoms with Gasteiger partial charge in [-0.15, -0.1) is 20.4 Å². The van der Waals surface area contributed by atoms with E-state index in [1.165, 1.54) is 0 Å². The lowest BCUT2D eigenvalue weighted by atomic mass is 10.1. The van der Waals surface area contributed by atoms with Gasteiger partial charge in [-0.2, -0.15) is 0 Å². The predicted octanol–water partition coefficient (Wildman–Crippen LogP) is 1.03. The van der Waals surface area contributed by atoms with Crippen LogP contribution < -0.4 is 19.1 Å². The molecule has 2 rings (SSSR count). The third-order valence-corrected chi connectivity index (χ3v) is 2.79. The maximum Gasteiger partial charge on any atom is 0.264 e. The molecule has 0 aliphatic heterocycles. The number of rotatable bonds is 5. The molecule has 0 amide bonds. The summed E-state index contributed by atoms with van der Waals surface area (Å²) in [6.07, 6.45) is 0. The van der Waals surface area contributed by atoms with E-state index in [1.807, 2.05) is 14.1 Å². The van der Waals surface area contributed by atoms with Crippen molar-refractivity contribution in [3.63, 3.8) is 0 Å². The molecule has 0 aliphatic carbocycles. The lowest BCUT2D eigenvalue weighted by molar-refractivity contribution is 0.324. The highest BCUT2D eigenvalue weighted by molar-refractivity contribution is 5.66.